The van der Waals surface area contributed by atoms with Crippen LogP contribution in [0.4, 0.5) is 34.1 Å². The fraction of sp³-hybridized carbons (Fsp3) is 0. The summed E-state index contributed by atoms with van der Waals surface area (Å²) in [7, 11) is 0. The highest BCUT2D eigenvalue weighted by Gasteiger charge is 2.27. The maximum atomic E-state index is 2.50. The molecule has 0 aliphatic heterocycles. The molecule has 2 heteroatoms. The lowest BCUT2D eigenvalue weighted by Crippen LogP contribution is -2.15. The van der Waals surface area contributed by atoms with E-state index in [9.17, 15) is 0 Å². The van der Waals surface area contributed by atoms with Crippen molar-refractivity contribution in [1.29, 1.82) is 0 Å². The van der Waals surface area contributed by atoms with Crippen LogP contribution in [0.5, 0.6) is 0 Å². The van der Waals surface area contributed by atoms with Crippen LogP contribution in [-0.2, 0) is 0 Å². The van der Waals surface area contributed by atoms with Gasteiger partial charge in [-0.1, -0.05) is 182 Å². The molecule has 0 saturated heterocycles. The molecule has 0 amide bonds. The van der Waals surface area contributed by atoms with Gasteiger partial charge in [-0.25, -0.2) is 0 Å². The summed E-state index contributed by atoms with van der Waals surface area (Å²) in [6.07, 6.45) is 0. The third-order valence-corrected chi connectivity index (χ3v) is 11.3. The van der Waals surface area contributed by atoms with E-state index in [0.717, 1.165) is 34.1 Å². The normalized spacial score (nSPS) is 11.6. The largest absolute Gasteiger partial charge is 0.309 e. The molecule has 0 fully saturated rings. The second-order valence-electron chi connectivity index (χ2n) is 14.5. The highest BCUT2D eigenvalue weighted by Crippen LogP contribution is 2.53. The number of nitrogens with zero attached hydrogens (tertiary/aromatic N) is 2. The molecule has 0 aliphatic rings. The van der Waals surface area contributed by atoms with E-state index < -0.39 is 0 Å². The van der Waals surface area contributed by atoms with Gasteiger partial charge in [0.25, 0.3) is 0 Å². The minimum atomic E-state index is 1.11. The third-order valence-electron chi connectivity index (χ3n) is 11.3. The SMILES string of the molecule is c1ccc(N(c2c3ccccc3c(N(c3ccccc3)c3cccc4ccc5ccccc5c34)c3ccccc23)c2cccc3ccc4ccccc4c23)cc1. The molecular weight excluding hydrogens is 677 g/mol. The molecule has 0 N–H and O–H groups in total. The zero-order valence-electron chi connectivity index (χ0n) is 30.7. The van der Waals surface area contributed by atoms with Crippen LogP contribution in [-0.4, -0.2) is 0 Å². The van der Waals surface area contributed by atoms with Crippen LogP contribution < -0.4 is 9.80 Å². The van der Waals surface area contributed by atoms with E-state index in [1.807, 2.05) is 0 Å². The van der Waals surface area contributed by atoms with E-state index in [4.69, 9.17) is 0 Å². The molecule has 0 radical (unpaired) electrons. The number of fused-ring (bicyclic) bond motifs is 8. The molecule has 2 nitrogen and oxygen atoms in total. The van der Waals surface area contributed by atoms with Crippen LogP contribution in [0, 0.1) is 0 Å². The molecule has 0 aliphatic carbocycles. The van der Waals surface area contributed by atoms with E-state index in [0.29, 0.717) is 0 Å². The van der Waals surface area contributed by atoms with E-state index in [1.165, 1.54) is 64.6 Å². The molecular formula is C54H36N2. The predicted molar refractivity (Wildman–Crippen MR) is 241 cm³/mol. The van der Waals surface area contributed by atoms with Gasteiger partial charge in [-0.05, 0) is 68.7 Å². The first-order chi connectivity index (χ1) is 27.8. The molecule has 0 saturated carbocycles. The summed E-state index contributed by atoms with van der Waals surface area (Å²) in [5.74, 6) is 0. The zero-order valence-corrected chi connectivity index (χ0v) is 30.7. The molecule has 11 rings (SSSR count). The summed E-state index contributed by atoms with van der Waals surface area (Å²) < 4.78 is 0. The first kappa shape index (κ1) is 32.0. The molecule has 0 atom stereocenters. The van der Waals surface area contributed by atoms with Crippen molar-refractivity contribution in [3.63, 3.8) is 0 Å². The lowest BCUT2D eigenvalue weighted by molar-refractivity contribution is 1.31. The van der Waals surface area contributed by atoms with E-state index >= 15 is 0 Å². The van der Waals surface area contributed by atoms with Crippen LogP contribution in [0.3, 0.4) is 0 Å². The van der Waals surface area contributed by atoms with Gasteiger partial charge in [-0.2, -0.15) is 0 Å². The van der Waals surface area contributed by atoms with Crippen molar-refractivity contribution >= 4 is 98.8 Å². The first-order valence-corrected chi connectivity index (χ1v) is 19.3. The lowest BCUT2D eigenvalue weighted by atomic mass is 9.93. The molecule has 0 bridgehead atoms. The van der Waals surface area contributed by atoms with Gasteiger partial charge in [0.1, 0.15) is 0 Å². The van der Waals surface area contributed by atoms with Gasteiger partial charge < -0.3 is 9.80 Å². The minimum absolute atomic E-state index is 1.11. The molecule has 11 aromatic rings. The van der Waals surface area contributed by atoms with Crippen molar-refractivity contribution in [2.45, 2.75) is 0 Å². The number of rotatable bonds is 6. The first-order valence-electron chi connectivity index (χ1n) is 19.3. The van der Waals surface area contributed by atoms with E-state index in [2.05, 4.69) is 228 Å². The van der Waals surface area contributed by atoms with E-state index in [-0.39, 0.29) is 0 Å². The maximum absolute atomic E-state index is 2.50. The van der Waals surface area contributed by atoms with Gasteiger partial charge in [0.05, 0.1) is 22.7 Å². The Kier molecular flexibility index (Phi) is 7.53. The minimum Gasteiger partial charge on any atom is -0.309 e. The van der Waals surface area contributed by atoms with Crippen molar-refractivity contribution in [2.24, 2.45) is 0 Å². The molecule has 56 heavy (non-hydrogen) atoms. The number of hydrogen-bond donors (Lipinski definition) is 0. The van der Waals surface area contributed by atoms with Crippen LogP contribution >= 0.6 is 0 Å². The topological polar surface area (TPSA) is 6.48 Å². The Hall–Kier alpha value is -7.42. The Morgan fingerprint density at radius 3 is 0.911 bits per heavy atom. The molecule has 0 aromatic heterocycles. The van der Waals surface area contributed by atoms with Gasteiger partial charge in [0.15, 0.2) is 0 Å². The van der Waals surface area contributed by atoms with Gasteiger partial charge in [0, 0.05) is 43.7 Å². The second-order valence-corrected chi connectivity index (χ2v) is 14.5. The van der Waals surface area contributed by atoms with E-state index in [1.54, 1.807) is 0 Å². The Balaban J connectivity index is 1.29. The summed E-state index contributed by atoms with van der Waals surface area (Å²) in [6.45, 7) is 0. The third kappa shape index (κ3) is 5.04. The Bertz CT molecular complexity index is 2980. The smallest absolute Gasteiger partial charge is 0.0620 e. The van der Waals surface area contributed by atoms with Gasteiger partial charge >= 0.3 is 0 Å². The molecule has 0 unspecified atom stereocenters. The number of anilines is 6. The highest BCUT2D eigenvalue weighted by molar-refractivity contribution is 6.26. The molecule has 0 spiro atoms. The van der Waals surface area contributed by atoms with Crippen molar-refractivity contribution < 1.29 is 0 Å². The fourth-order valence-electron chi connectivity index (χ4n) is 8.95. The Morgan fingerprint density at radius 1 is 0.214 bits per heavy atom. The van der Waals surface area contributed by atoms with Gasteiger partial charge in [0.2, 0.25) is 0 Å². The zero-order chi connectivity index (χ0) is 37.0. The Labute approximate surface area is 325 Å². The predicted octanol–water partition coefficient (Wildman–Crippen LogP) is 15.5. The summed E-state index contributed by atoms with van der Waals surface area (Å²) in [4.78, 5) is 5.00. The number of hydrogen-bond acceptors (Lipinski definition) is 2. The van der Waals surface area contributed by atoms with Crippen LogP contribution in [0.2, 0.25) is 0 Å². The molecule has 262 valence electrons. The van der Waals surface area contributed by atoms with Crippen LogP contribution in [0.15, 0.2) is 218 Å². The molecule has 11 aromatic carbocycles. The monoisotopic (exact) mass is 712 g/mol. The van der Waals surface area contributed by atoms with Crippen molar-refractivity contribution in [1.82, 2.24) is 0 Å². The van der Waals surface area contributed by atoms with Gasteiger partial charge in [-0.3, -0.25) is 0 Å². The highest BCUT2D eigenvalue weighted by atomic mass is 15.2. The standard InChI is InChI=1S/C54H36N2/c1-3-21-41(22-4-1)55(49-31-15-19-39-35-33-37-17-7-9-25-43(37)51(39)49)53-45-27-11-13-29-47(45)54(48-30-14-12-28-46(48)53)56(42-23-5-2-6-24-42)50-32-16-20-40-36-34-38-18-8-10-26-44(38)52(40)50/h1-36H. The van der Waals surface area contributed by atoms with Crippen LogP contribution in [0.1, 0.15) is 0 Å². The summed E-state index contributed by atoms with van der Waals surface area (Å²) in [6, 6.07) is 79.6. The maximum Gasteiger partial charge on any atom is 0.0620 e. The number of para-hydroxylation sites is 2. The average molecular weight is 713 g/mol. The summed E-state index contributed by atoms with van der Waals surface area (Å²) in [5, 5.41) is 14.5. The summed E-state index contributed by atoms with van der Waals surface area (Å²) >= 11 is 0. The summed E-state index contributed by atoms with van der Waals surface area (Å²) in [5.41, 5.74) is 6.82. The van der Waals surface area contributed by atoms with Crippen molar-refractivity contribution in [3.8, 4) is 0 Å². The Morgan fingerprint density at radius 2 is 0.518 bits per heavy atom. The average Bonchev–Trinajstić information content (AvgIpc) is 3.27. The fourth-order valence-corrected chi connectivity index (χ4v) is 8.95. The lowest BCUT2D eigenvalue weighted by Gasteiger charge is -2.34. The molecule has 0 heterocycles. The van der Waals surface area contributed by atoms with Crippen LogP contribution in [0.25, 0.3) is 64.6 Å². The van der Waals surface area contributed by atoms with Crippen molar-refractivity contribution in [2.75, 3.05) is 9.80 Å². The quantitative estimate of drug-likeness (QED) is 0.0962. The second kappa shape index (κ2) is 13.2. The van der Waals surface area contributed by atoms with Crippen molar-refractivity contribution in [3.05, 3.63) is 218 Å². The van der Waals surface area contributed by atoms with Gasteiger partial charge in [-0.15, -0.1) is 0 Å². The number of benzene rings is 11.